The van der Waals surface area contributed by atoms with Gasteiger partial charge in [0.2, 0.25) is 11.7 Å². The summed E-state index contributed by atoms with van der Waals surface area (Å²) in [4.78, 5) is 65.9. The number of carbonyl (C=O) groups excluding carboxylic acids is 5. The molecule has 0 aliphatic carbocycles. The number of imide groups is 1. The van der Waals surface area contributed by atoms with Crippen LogP contribution < -0.4 is 10.6 Å². The molecule has 1 aliphatic rings. The fourth-order valence-electron chi connectivity index (χ4n) is 4.90. The van der Waals surface area contributed by atoms with Gasteiger partial charge in [0.15, 0.2) is 6.10 Å². The van der Waals surface area contributed by atoms with E-state index in [2.05, 4.69) is 10.6 Å². The summed E-state index contributed by atoms with van der Waals surface area (Å²) in [6.07, 6.45) is 0.902. The molecule has 3 atom stereocenters. The Kier molecular flexibility index (Phi) is 11.2. The summed E-state index contributed by atoms with van der Waals surface area (Å²) in [6, 6.07) is 17.5. The maximum absolute atomic E-state index is 13.2. The monoisotopic (exact) mass is 563 g/mol. The van der Waals surface area contributed by atoms with Gasteiger partial charge < -0.3 is 15.4 Å². The molecule has 0 bridgehead atoms. The highest BCUT2D eigenvalue weighted by atomic mass is 16.6. The van der Waals surface area contributed by atoms with E-state index in [1.54, 1.807) is 20.8 Å². The molecule has 0 aromatic heterocycles. The second-order valence-electron chi connectivity index (χ2n) is 11.2. The van der Waals surface area contributed by atoms with Gasteiger partial charge in [0.05, 0.1) is 6.04 Å². The fraction of sp³-hybridized carbons (Fsp3) is 0.469. The Bertz CT molecular complexity index is 1210. The van der Waals surface area contributed by atoms with E-state index in [0.29, 0.717) is 19.3 Å². The molecule has 0 radical (unpaired) electrons. The van der Waals surface area contributed by atoms with Gasteiger partial charge in [-0.2, -0.15) is 0 Å². The Hall–Kier alpha value is -4.01. The summed E-state index contributed by atoms with van der Waals surface area (Å²) in [5.74, 6) is -2.50. The van der Waals surface area contributed by atoms with E-state index in [1.165, 1.54) is 0 Å². The zero-order valence-electron chi connectivity index (χ0n) is 24.4. The Labute approximate surface area is 242 Å². The van der Waals surface area contributed by atoms with Gasteiger partial charge in [-0.3, -0.25) is 24.1 Å². The molecule has 9 heteroatoms. The largest absolute Gasteiger partial charge is 0.435 e. The molecule has 2 aromatic carbocycles. The van der Waals surface area contributed by atoms with Crippen molar-refractivity contribution in [2.24, 2.45) is 5.41 Å². The van der Waals surface area contributed by atoms with Crippen LogP contribution in [0.3, 0.4) is 0 Å². The first-order valence-electron chi connectivity index (χ1n) is 14.3. The number of benzene rings is 2. The first kappa shape index (κ1) is 31.5. The molecule has 1 aliphatic heterocycles. The van der Waals surface area contributed by atoms with Crippen molar-refractivity contribution >= 4 is 29.6 Å². The van der Waals surface area contributed by atoms with E-state index < -0.39 is 47.3 Å². The number of nitrogens with one attached hydrogen (secondary N) is 2. The lowest BCUT2D eigenvalue weighted by atomic mass is 9.90. The number of ether oxygens (including phenoxy) is 1. The predicted octanol–water partition coefficient (Wildman–Crippen LogP) is 4.50. The van der Waals surface area contributed by atoms with Crippen LogP contribution in [0.2, 0.25) is 0 Å². The number of unbranched alkanes of at least 4 members (excludes halogenated alkanes) is 1. The SMILES string of the molecule is CCCC[C@H](NC(=O)O[C@@H]1C(=O)N(C(=O)CCCc2ccccc2)CC1(C)C)C(=O)C(=O)N[C@H](C)c1ccccc1. The number of alkyl carbamates (subject to hydrolysis) is 1. The fourth-order valence-corrected chi connectivity index (χ4v) is 4.90. The summed E-state index contributed by atoms with van der Waals surface area (Å²) in [5.41, 5.74) is 1.13. The van der Waals surface area contributed by atoms with Crippen LogP contribution in [0.4, 0.5) is 4.79 Å². The molecule has 0 spiro atoms. The Morgan fingerprint density at radius 1 is 0.976 bits per heavy atom. The smallest absolute Gasteiger partial charge is 0.408 e. The topological polar surface area (TPSA) is 122 Å². The lowest BCUT2D eigenvalue weighted by Crippen LogP contribution is -2.49. The van der Waals surface area contributed by atoms with Gasteiger partial charge in [0.25, 0.3) is 11.8 Å². The molecule has 0 unspecified atom stereocenters. The van der Waals surface area contributed by atoms with Crippen LogP contribution in [0.25, 0.3) is 0 Å². The number of hydrogen-bond donors (Lipinski definition) is 2. The van der Waals surface area contributed by atoms with Gasteiger partial charge in [-0.05, 0) is 37.3 Å². The van der Waals surface area contributed by atoms with Crippen molar-refractivity contribution in [3.63, 3.8) is 0 Å². The van der Waals surface area contributed by atoms with Crippen molar-refractivity contribution < 1.29 is 28.7 Å². The summed E-state index contributed by atoms with van der Waals surface area (Å²) in [6.45, 7) is 7.32. The van der Waals surface area contributed by atoms with Crippen molar-refractivity contribution in [1.82, 2.24) is 15.5 Å². The van der Waals surface area contributed by atoms with Crippen LogP contribution in [-0.4, -0.2) is 53.2 Å². The molecule has 1 saturated heterocycles. The van der Waals surface area contributed by atoms with Crippen LogP contribution >= 0.6 is 0 Å². The number of hydrogen-bond acceptors (Lipinski definition) is 6. The zero-order chi connectivity index (χ0) is 30.0. The molecular weight excluding hydrogens is 522 g/mol. The first-order chi connectivity index (χ1) is 19.5. The maximum atomic E-state index is 13.2. The van der Waals surface area contributed by atoms with Gasteiger partial charge in [0.1, 0.15) is 6.04 Å². The highest BCUT2D eigenvalue weighted by Gasteiger charge is 2.51. The van der Waals surface area contributed by atoms with E-state index in [9.17, 15) is 24.0 Å². The minimum absolute atomic E-state index is 0.117. The van der Waals surface area contributed by atoms with Crippen molar-refractivity contribution in [3.05, 3.63) is 71.8 Å². The van der Waals surface area contributed by atoms with E-state index in [0.717, 1.165) is 22.4 Å². The summed E-state index contributed by atoms with van der Waals surface area (Å²) >= 11 is 0. The van der Waals surface area contributed by atoms with Crippen molar-refractivity contribution in [2.45, 2.75) is 84.4 Å². The van der Waals surface area contributed by atoms with E-state index in [-0.39, 0.29) is 25.3 Å². The molecule has 4 amide bonds. The third-order valence-corrected chi connectivity index (χ3v) is 7.32. The number of likely N-dealkylation sites (tertiary alicyclic amines) is 1. The minimum atomic E-state index is -1.20. The summed E-state index contributed by atoms with van der Waals surface area (Å²) in [7, 11) is 0. The van der Waals surface area contributed by atoms with Gasteiger partial charge >= 0.3 is 6.09 Å². The average Bonchev–Trinajstić information content (AvgIpc) is 3.19. The second-order valence-corrected chi connectivity index (χ2v) is 11.2. The first-order valence-corrected chi connectivity index (χ1v) is 14.3. The van der Waals surface area contributed by atoms with E-state index in [1.807, 2.05) is 67.6 Å². The van der Waals surface area contributed by atoms with Crippen LogP contribution in [-0.2, 0) is 30.3 Å². The molecule has 1 heterocycles. The number of nitrogens with zero attached hydrogens (tertiary/aromatic N) is 1. The van der Waals surface area contributed by atoms with Crippen molar-refractivity contribution in [2.75, 3.05) is 6.54 Å². The molecule has 0 saturated carbocycles. The van der Waals surface area contributed by atoms with Gasteiger partial charge in [-0.1, -0.05) is 94.3 Å². The number of amides is 4. The zero-order valence-corrected chi connectivity index (χ0v) is 24.4. The Morgan fingerprint density at radius 3 is 2.24 bits per heavy atom. The second kappa shape index (κ2) is 14.6. The number of Topliss-reactive ketones (excluding diaryl/α,β-unsaturated/α-hetero) is 1. The summed E-state index contributed by atoms with van der Waals surface area (Å²) in [5, 5.41) is 5.19. The third-order valence-electron chi connectivity index (χ3n) is 7.32. The average molecular weight is 564 g/mol. The third kappa shape index (κ3) is 8.74. The molecule has 2 N–H and O–H groups in total. The van der Waals surface area contributed by atoms with Gasteiger partial charge in [-0.15, -0.1) is 0 Å². The summed E-state index contributed by atoms with van der Waals surface area (Å²) < 4.78 is 5.51. The van der Waals surface area contributed by atoms with Gasteiger partial charge in [0, 0.05) is 18.4 Å². The maximum Gasteiger partial charge on any atom is 0.408 e. The highest BCUT2D eigenvalue weighted by molar-refractivity contribution is 6.38. The molecule has 41 heavy (non-hydrogen) atoms. The lowest BCUT2D eigenvalue weighted by Gasteiger charge is -2.25. The Balaban J connectivity index is 1.58. The van der Waals surface area contributed by atoms with Crippen molar-refractivity contribution in [1.29, 1.82) is 0 Å². The van der Waals surface area contributed by atoms with Crippen molar-refractivity contribution in [3.8, 4) is 0 Å². The van der Waals surface area contributed by atoms with E-state index in [4.69, 9.17) is 4.74 Å². The van der Waals surface area contributed by atoms with Crippen LogP contribution in [0, 0.1) is 5.41 Å². The van der Waals surface area contributed by atoms with E-state index >= 15 is 0 Å². The number of aryl methyl sites for hydroxylation is 1. The molecule has 220 valence electrons. The molecule has 1 fully saturated rings. The lowest BCUT2D eigenvalue weighted by molar-refractivity contribution is -0.145. The minimum Gasteiger partial charge on any atom is -0.435 e. The highest BCUT2D eigenvalue weighted by Crippen LogP contribution is 2.34. The Morgan fingerprint density at radius 2 is 1.61 bits per heavy atom. The molecule has 3 rings (SSSR count). The van der Waals surface area contributed by atoms with Gasteiger partial charge in [-0.25, -0.2) is 4.79 Å². The predicted molar refractivity (Wildman–Crippen MR) is 155 cm³/mol. The van der Waals surface area contributed by atoms with Crippen LogP contribution in [0.5, 0.6) is 0 Å². The number of carbonyl (C=O) groups is 5. The number of rotatable bonds is 13. The van der Waals surface area contributed by atoms with Crippen LogP contribution in [0.1, 0.15) is 77.0 Å². The molecule has 2 aromatic rings. The molecule has 9 nitrogen and oxygen atoms in total. The standard InChI is InChI=1S/C32H41N3O6/c1-5-6-19-25(27(37)29(38)33-22(2)24-17-11-8-12-18-24)34-31(40)41-28-30(39)35(21-32(28,3)4)26(36)20-13-16-23-14-9-7-10-15-23/h7-12,14-15,17-18,22,25,28H,5-6,13,16,19-21H2,1-4H3,(H,33,38)(H,34,40)/t22-,25+,28-/m1/s1. The normalized spacial score (nSPS) is 17.4. The van der Waals surface area contributed by atoms with Crippen LogP contribution in [0.15, 0.2) is 60.7 Å². The molecular formula is C32H41N3O6. The quantitative estimate of drug-likeness (QED) is 0.346. The number of ketones is 1.